The number of furan rings is 1. The minimum absolute atomic E-state index is 0.119. The van der Waals surface area contributed by atoms with Crippen molar-refractivity contribution < 1.29 is 36.7 Å². The van der Waals surface area contributed by atoms with Gasteiger partial charge in [0.15, 0.2) is 0 Å². The average molecular weight is 388 g/mol. The molecule has 0 unspecified atom stereocenters. The Morgan fingerprint density at radius 1 is 1.33 bits per heavy atom. The molecular formula is C17H16F4N2O4. The summed E-state index contributed by atoms with van der Waals surface area (Å²) in [6.07, 6.45) is -4.71. The second-order valence-electron chi connectivity index (χ2n) is 6.45. The van der Waals surface area contributed by atoms with E-state index in [0.29, 0.717) is 22.3 Å². The Morgan fingerprint density at radius 3 is 2.63 bits per heavy atom. The molecule has 146 valence electrons. The highest BCUT2D eigenvalue weighted by Gasteiger charge is 2.53. The Balaban J connectivity index is 1.69. The van der Waals surface area contributed by atoms with Crippen LogP contribution in [0.25, 0.3) is 11.0 Å². The van der Waals surface area contributed by atoms with Gasteiger partial charge in [-0.05, 0) is 25.1 Å². The molecule has 0 aliphatic carbocycles. The molecule has 2 amide bonds. The number of likely N-dealkylation sites (tertiary alicyclic amines) is 1. The van der Waals surface area contributed by atoms with E-state index in [0.717, 1.165) is 4.90 Å². The van der Waals surface area contributed by atoms with Gasteiger partial charge in [-0.15, -0.1) is 0 Å². The van der Waals surface area contributed by atoms with Crippen LogP contribution in [0.2, 0.25) is 0 Å². The molecule has 10 heteroatoms. The molecule has 0 radical (unpaired) electrons. The molecule has 1 fully saturated rings. The van der Waals surface area contributed by atoms with Gasteiger partial charge in [-0.1, -0.05) is 0 Å². The molecule has 27 heavy (non-hydrogen) atoms. The summed E-state index contributed by atoms with van der Waals surface area (Å²) in [5.41, 5.74) is 1.02. The normalized spacial score (nSPS) is 20.3. The Kier molecular flexibility index (Phi) is 4.75. The molecule has 2 aromatic rings. The van der Waals surface area contributed by atoms with E-state index in [4.69, 9.17) is 9.52 Å². The lowest BCUT2D eigenvalue weighted by Gasteiger charge is -2.18. The number of aliphatic carboxylic acids is 1. The van der Waals surface area contributed by atoms with Crippen molar-refractivity contribution in [3.05, 3.63) is 35.3 Å². The van der Waals surface area contributed by atoms with E-state index in [1.165, 1.54) is 18.2 Å². The standard InChI is InChI=1S/C17H16F4N2O4/c1-8-10-4-9(18)2-3-13(10)27-14(8)5-22-16(26)23-6-11(15(24)25)12(7-23)17(19,20)21/h2-4,11-12H,5-7H2,1H3,(H,22,26)(H,24,25)/t11-,12-/m1/s1. The van der Waals surface area contributed by atoms with E-state index in [2.05, 4.69) is 5.32 Å². The number of fused-ring (bicyclic) bond motifs is 1. The third kappa shape index (κ3) is 3.69. The summed E-state index contributed by atoms with van der Waals surface area (Å²) < 4.78 is 57.8. The molecule has 1 aromatic carbocycles. The van der Waals surface area contributed by atoms with E-state index >= 15 is 0 Å². The molecule has 1 aliphatic rings. The Bertz CT molecular complexity index is 893. The molecule has 6 nitrogen and oxygen atoms in total. The first kappa shape index (κ1) is 19.0. The molecule has 1 aromatic heterocycles. The maximum Gasteiger partial charge on any atom is 0.394 e. The fourth-order valence-corrected chi connectivity index (χ4v) is 3.23. The van der Waals surface area contributed by atoms with Gasteiger partial charge in [0, 0.05) is 24.0 Å². The van der Waals surface area contributed by atoms with Crippen molar-refractivity contribution in [1.29, 1.82) is 0 Å². The first-order valence-corrected chi connectivity index (χ1v) is 8.07. The largest absolute Gasteiger partial charge is 0.481 e. The lowest BCUT2D eigenvalue weighted by molar-refractivity contribution is -0.187. The minimum atomic E-state index is -4.71. The highest BCUT2D eigenvalue weighted by atomic mass is 19.4. The molecule has 1 saturated heterocycles. The van der Waals surface area contributed by atoms with Crippen LogP contribution in [-0.4, -0.2) is 41.3 Å². The smallest absolute Gasteiger partial charge is 0.394 e. The highest BCUT2D eigenvalue weighted by molar-refractivity contribution is 5.82. The minimum Gasteiger partial charge on any atom is -0.481 e. The summed E-state index contributed by atoms with van der Waals surface area (Å²) in [7, 11) is 0. The Labute approximate surface area is 150 Å². The van der Waals surface area contributed by atoms with E-state index in [-0.39, 0.29) is 6.54 Å². The number of aryl methyl sites for hydroxylation is 1. The van der Waals surface area contributed by atoms with Crippen LogP contribution >= 0.6 is 0 Å². The lowest BCUT2D eigenvalue weighted by atomic mass is 9.96. The van der Waals surface area contributed by atoms with Crippen molar-refractivity contribution >= 4 is 23.0 Å². The number of nitrogens with one attached hydrogen (secondary N) is 1. The Hall–Kier alpha value is -2.78. The molecule has 2 N–H and O–H groups in total. The predicted molar refractivity (Wildman–Crippen MR) is 85.4 cm³/mol. The summed E-state index contributed by atoms with van der Waals surface area (Å²) in [4.78, 5) is 24.1. The number of hydrogen-bond donors (Lipinski definition) is 2. The Morgan fingerprint density at radius 2 is 2.04 bits per heavy atom. The first-order valence-electron chi connectivity index (χ1n) is 8.07. The molecule has 0 bridgehead atoms. The number of urea groups is 1. The quantitative estimate of drug-likeness (QED) is 0.791. The van der Waals surface area contributed by atoms with Crippen molar-refractivity contribution in [1.82, 2.24) is 10.2 Å². The third-order valence-electron chi connectivity index (χ3n) is 4.74. The molecular weight excluding hydrogens is 372 g/mol. The summed E-state index contributed by atoms with van der Waals surface area (Å²) in [6, 6.07) is 3.13. The highest BCUT2D eigenvalue weighted by Crippen LogP contribution is 2.37. The van der Waals surface area contributed by atoms with E-state index in [9.17, 15) is 27.2 Å². The average Bonchev–Trinajstić information content (AvgIpc) is 3.16. The van der Waals surface area contributed by atoms with Crippen LogP contribution in [0.5, 0.6) is 0 Å². The van der Waals surface area contributed by atoms with Gasteiger partial charge in [-0.25, -0.2) is 9.18 Å². The van der Waals surface area contributed by atoms with Crippen molar-refractivity contribution in [2.24, 2.45) is 11.8 Å². The summed E-state index contributed by atoms with van der Waals surface area (Å²) in [5, 5.41) is 11.9. The number of carbonyl (C=O) groups excluding carboxylic acids is 1. The van der Waals surface area contributed by atoms with Crippen LogP contribution in [0.4, 0.5) is 22.4 Å². The van der Waals surface area contributed by atoms with Crippen molar-refractivity contribution in [2.45, 2.75) is 19.6 Å². The fourth-order valence-electron chi connectivity index (χ4n) is 3.23. The fraction of sp³-hybridized carbons (Fsp3) is 0.412. The second kappa shape index (κ2) is 6.75. The number of benzene rings is 1. The van der Waals surface area contributed by atoms with E-state index in [1.807, 2.05) is 0 Å². The van der Waals surface area contributed by atoms with Gasteiger partial charge >= 0.3 is 18.2 Å². The SMILES string of the molecule is Cc1c(CNC(=O)N2C[C@@H](C(F)(F)F)[C@H](C(=O)O)C2)oc2ccc(F)cc12. The van der Waals surface area contributed by atoms with Gasteiger partial charge in [-0.3, -0.25) is 4.79 Å². The molecule has 3 rings (SSSR count). The topological polar surface area (TPSA) is 82.8 Å². The third-order valence-corrected chi connectivity index (χ3v) is 4.74. The van der Waals surface area contributed by atoms with Crippen LogP contribution in [-0.2, 0) is 11.3 Å². The van der Waals surface area contributed by atoms with Gasteiger partial charge in [0.05, 0.1) is 18.4 Å². The van der Waals surface area contributed by atoms with Crippen molar-refractivity contribution in [3.8, 4) is 0 Å². The number of hydrogen-bond acceptors (Lipinski definition) is 3. The van der Waals surface area contributed by atoms with Gasteiger partial charge < -0.3 is 19.7 Å². The zero-order chi connectivity index (χ0) is 19.9. The number of nitrogens with zero attached hydrogens (tertiary/aromatic N) is 1. The van der Waals surface area contributed by atoms with Crippen LogP contribution in [0.1, 0.15) is 11.3 Å². The number of carboxylic acid groups (broad SMARTS) is 1. The number of amides is 2. The van der Waals surface area contributed by atoms with E-state index in [1.54, 1.807) is 6.92 Å². The zero-order valence-electron chi connectivity index (χ0n) is 14.1. The second-order valence-corrected chi connectivity index (χ2v) is 6.45. The molecule has 0 spiro atoms. The number of carboxylic acids is 1. The van der Waals surface area contributed by atoms with Gasteiger partial charge in [0.1, 0.15) is 17.2 Å². The number of alkyl halides is 3. The van der Waals surface area contributed by atoms with Crippen LogP contribution in [0.15, 0.2) is 22.6 Å². The van der Waals surface area contributed by atoms with Crippen LogP contribution in [0.3, 0.4) is 0 Å². The molecule has 2 heterocycles. The van der Waals surface area contributed by atoms with Gasteiger partial charge in [-0.2, -0.15) is 13.2 Å². The summed E-state index contributed by atoms with van der Waals surface area (Å²) >= 11 is 0. The summed E-state index contributed by atoms with van der Waals surface area (Å²) in [6.45, 7) is 0.293. The maximum absolute atomic E-state index is 13.3. The lowest BCUT2D eigenvalue weighted by Crippen LogP contribution is -2.39. The molecule has 0 saturated carbocycles. The summed E-state index contributed by atoms with van der Waals surface area (Å²) in [5.74, 6) is -5.52. The van der Waals surface area contributed by atoms with Crippen LogP contribution < -0.4 is 5.32 Å². The first-order chi connectivity index (χ1) is 12.6. The van der Waals surface area contributed by atoms with Crippen molar-refractivity contribution in [3.63, 3.8) is 0 Å². The van der Waals surface area contributed by atoms with Gasteiger partial charge in [0.2, 0.25) is 0 Å². The number of carbonyl (C=O) groups is 2. The predicted octanol–water partition coefficient (Wildman–Crippen LogP) is 3.28. The molecule has 1 aliphatic heterocycles. The molecule has 2 atom stereocenters. The van der Waals surface area contributed by atoms with Crippen LogP contribution in [0, 0.1) is 24.6 Å². The van der Waals surface area contributed by atoms with E-state index < -0.39 is 48.9 Å². The number of rotatable bonds is 3. The number of halogens is 4. The van der Waals surface area contributed by atoms with Gasteiger partial charge in [0.25, 0.3) is 0 Å². The monoisotopic (exact) mass is 388 g/mol. The maximum atomic E-state index is 13.3. The van der Waals surface area contributed by atoms with Crippen molar-refractivity contribution in [2.75, 3.05) is 13.1 Å². The zero-order valence-corrected chi connectivity index (χ0v) is 14.1.